The minimum atomic E-state index is -3.94. The average Bonchev–Trinajstić information content (AvgIpc) is 2.36. The van der Waals surface area contributed by atoms with Crippen LogP contribution in [-0.4, -0.2) is 28.1 Å². The van der Waals surface area contributed by atoms with Crippen LogP contribution < -0.4 is 20.5 Å². The zero-order valence-corrected chi connectivity index (χ0v) is 11.6. The number of benzene rings is 1. The van der Waals surface area contributed by atoms with Crippen molar-refractivity contribution in [1.82, 2.24) is 10.0 Å². The van der Waals surface area contributed by atoms with E-state index in [1.54, 1.807) is 0 Å². The third kappa shape index (κ3) is 4.02. The van der Waals surface area contributed by atoms with E-state index in [4.69, 9.17) is 10.5 Å². The lowest BCUT2D eigenvalue weighted by Crippen LogP contribution is -2.39. The first-order chi connectivity index (χ1) is 8.90. The zero-order chi connectivity index (χ0) is 14.5. The molecule has 4 N–H and O–H groups in total. The summed E-state index contributed by atoms with van der Waals surface area (Å²) in [6.45, 7) is 2.26. The van der Waals surface area contributed by atoms with Gasteiger partial charge in [-0.25, -0.2) is 17.9 Å². The van der Waals surface area contributed by atoms with Crippen molar-refractivity contribution < 1.29 is 17.9 Å². The van der Waals surface area contributed by atoms with Gasteiger partial charge in [0, 0.05) is 12.6 Å². The molecule has 8 heteroatoms. The smallest absolute Gasteiger partial charge is 0.328 e. The number of carbonyl (C=O) groups is 1. The van der Waals surface area contributed by atoms with E-state index in [0.717, 1.165) is 0 Å². The summed E-state index contributed by atoms with van der Waals surface area (Å²) in [7, 11) is -2.56. The van der Waals surface area contributed by atoms with E-state index in [-0.39, 0.29) is 10.6 Å². The number of urea groups is 1. The number of amides is 2. The molecule has 19 heavy (non-hydrogen) atoms. The molecule has 0 unspecified atom stereocenters. The molecule has 0 aliphatic rings. The SMILES string of the molecule is CCCNC(=O)NS(=O)(=O)c1ccc(N)c(OC)c1. The number of nitrogens with two attached hydrogens (primary N) is 1. The lowest BCUT2D eigenvalue weighted by molar-refractivity contribution is 0.246. The summed E-state index contributed by atoms with van der Waals surface area (Å²) < 4.78 is 30.7. The Balaban J connectivity index is 2.91. The highest BCUT2D eigenvalue weighted by atomic mass is 32.2. The Bertz CT molecular complexity index is 557. The Hall–Kier alpha value is -1.96. The van der Waals surface area contributed by atoms with Gasteiger partial charge in [0.1, 0.15) is 5.75 Å². The molecule has 1 rings (SSSR count). The van der Waals surface area contributed by atoms with E-state index in [1.807, 2.05) is 11.6 Å². The Morgan fingerprint density at radius 2 is 2.11 bits per heavy atom. The molecular weight excluding hydrogens is 270 g/mol. The Morgan fingerprint density at radius 3 is 2.68 bits per heavy atom. The predicted molar refractivity (Wildman–Crippen MR) is 71.4 cm³/mol. The molecule has 1 aromatic rings. The molecule has 0 fully saturated rings. The van der Waals surface area contributed by atoms with Crippen molar-refractivity contribution in [3.63, 3.8) is 0 Å². The quantitative estimate of drug-likeness (QED) is 0.689. The summed E-state index contributed by atoms with van der Waals surface area (Å²) >= 11 is 0. The average molecular weight is 287 g/mol. The van der Waals surface area contributed by atoms with Gasteiger partial charge in [0.05, 0.1) is 17.7 Å². The first-order valence-electron chi connectivity index (χ1n) is 5.65. The van der Waals surface area contributed by atoms with Crippen LogP contribution in [0.5, 0.6) is 5.75 Å². The van der Waals surface area contributed by atoms with E-state index in [9.17, 15) is 13.2 Å². The first-order valence-corrected chi connectivity index (χ1v) is 7.13. The Labute approximate surface area is 112 Å². The summed E-state index contributed by atoms with van der Waals surface area (Å²) in [6, 6.07) is 3.19. The zero-order valence-electron chi connectivity index (χ0n) is 10.8. The summed E-state index contributed by atoms with van der Waals surface area (Å²) in [4.78, 5) is 11.3. The van der Waals surface area contributed by atoms with E-state index in [2.05, 4.69) is 5.32 Å². The van der Waals surface area contributed by atoms with Gasteiger partial charge in [-0.1, -0.05) is 6.92 Å². The Kier molecular flexibility index (Phi) is 4.99. The molecule has 0 bridgehead atoms. The predicted octanol–water partition coefficient (Wildman–Crippen LogP) is 0.675. The van der Waals surface area contributed by atoms with Crippen LogP contribution >= 0.6 is 0 Å². The number of nitrogens with one attached hydrogen (secondary N) is 2. The van der Waals surface area contributed by atoms with Crippen LogP contribution in [0.4, 0.5) is 10.5 Å². The van der Waals surface area contributed by atoms with Crippen LogP contribution in [0.3, 0.4) is 0 Å². The van der Waals surface area contributed by atoms with Crippen molar-refractivity contribution in [2.24, 2.45) is 0 Å². The molecule has 0 aliphatic heterocycles. The standard InChI is InChI=1S/C11H17N3O4S/c1-3-6-13-11(15)14-19(16,17)8-4-5-9(12)10(7-8)18-2/h4-5,7H,3,6,12H2,1-2H3,(H2,13,14,15). The van der Waals surface area contributed by atoms with Gasteiger partial charge < -0.3 is 15.8 Å². The second-order valence-corrected chi connectivity index (χ2v) is 5.45. The number of rotatable bonds is 5. The summed E-state index contributed by atoms with van der Waals surface area (Å²) in [6.07, 6.45) is 0.711. The van der Waals surface area contributed by atoms with Gasteiger partial charge in [0.15, 0.2) is 0 Å². The lowest BCUT2D eigenvalue weighted by atomic mass is 10.3. The molecule has 106 valence electrons. The van der Waals surface area contributed by atoms with Crippen LogP contribution in [-0.2, 0) is 10.0 Å². The molecule has 0 aromatic heterocycles. The van der Waals surface area contributed by atoms with Gasteiger partial charge in [-0.15, -0.1) is 0 Å². The molecule has 0 spiro atoms. The van der Waals surface area contributed by atoms with Crippen LogP contribution in [0.25, 0.3) is 0 Å². The van der Waals surface area contributed by atoms with E-state index in [0.29, 0.717) is 18.7 Å². The highest BCUT2D eigenvalue weighted by Gasteiger charge is 2.18. The summed E-state index contributed by atoms with van der Waals surface area (Å²) in [5, 5.41) is 2.41. The molecule has 0 aliphatic carbocycles. The van der Waals surface area contributed by atoms with Crippen LogP contribution in [0.1, 0.15) is 13.3 Å². The molecular formula is C11H17N3O4S. The monoisotopic (exact) mass is 287 g/mol. The minimum absolute atomic E-state index is 0.0924. The number of nitrogen functional groups attached to an aromatic ring is 1. The number of hydrogen-bond acceptors (Lipinski definition) is 5. The topological polar surface area (TPSA) is 111 Å². The largest absolute Gasteiger partial charge is 0.495 e. The van der Waals surface area contributed by atoms with Crippen molar-refractivity contribution in [3.05, 3.63) is 18.2 Å². The van der Waals surface area contributed by atoms with Crippen LogP contribution in [0.15, 0.2) is 23.1 Å². The Morgan fingerprint density at radius 1 is 1.42 bits per heavy atom. The van der Waals surface area contributed by atoms with Crippen molar-refractivity contribution in [3.8, 4) is 5.75 Å². The number of hydrogen-bond donors (Lipinski definition) is 3. The molecule has 0 radical (unpaired) electrons. The minimum Gasteiger partial charge on any atom is -0.495 e. The fraction of sp³-hybridized carbons (Fsp3) is 0.364. The maximum atomic E-state index is 11.9. The fourth-order valence-electron chi connectivity index (χ4n) is 1.31. The molecule has 0 saturated carbocycles. The maximum absolute atomic E-state index is 11.9. The second-order valence-electron chi connectivity index (χ2n) is 3.77. The van der Waals surface area contributed by atoms with Gasteiger partial charge in [0.2, 0.25) is 0 Å². The molecule has 2 amide bonds. The van der Waals surface area contributed by atoms with E-state index >= 15 is 0 Å². The highest BCUT2D eigenvalue weighted by molar-refractivity contribution is 7.90. The number of methoxy groups -OCH3 is 1. The summed E-state index contributed by atoms with van der Waals surface area (Å²) in [5.41, 5.74) is 5.91. The normalized spacial score (nSPS) is 10.8. The van der Waals surface area contributed by atoms with Gasteiger partial charge in [-0.2, -0.15) is 0 Å². The van der Waals surface area contributed by atoms with Gasteiger partial charge in [0.25, 0.3) is 10.0 Å². The third-order valence-corrected chi connectivity index (χ3v) is 3.61. The van der Waals surface area contributed by atoms with Gasteiger partial charge in [-0.05, 0) is 18.6 Å². The molecule has 0 heterocycles. The van der Waals surface area contributed by atoms with E-state index < -0.39 is 16.1 Å². The first kappa shape index (κ1) is 15.1. The maximum Gasteiger partial charge on any atom is 0.328 e. The number of sulfonamides is 1. The van der Waals surface area contributed by atoms with Gasteiger partial charge >= 0.3 is 6.03 Å². The van der Waals surface area contributed by atoms with Crippen molar-refractivity contribution >= 4 is 21.7 Å². The van der Waals surface area contributed by atoms with Gasteiger partial charge in [-0.3, -0.25) is 0 Å². The van der Waals surface area contributed by atoms with Crippen molar-refractivity contribution in [2.75, 3.05) is 19.4 Å². The third-order valence-electron chi connectivity index (χ3n) is 2.28. The lowest BCUT2D eigenvalue weighted by Gasteiger charge is -2.10. The number of anilines is 1. The molecule has 7 nitrogen and oxygen atoms in total. The number of carbonyl (C=O) groups excluding carboxylic acids is 1. The van der Waals surface area contributed by atoms with E-state index in [1.165, 1.54) is 25.3 Å². The highest BCUT2D eigenvalue weighted by Crippen LogP contribution is 2.24. The second kappa shape index (κ2) is 6.28. The van der Waals surface area contributed by atoms with Crippen molar-refractivity contribution in [2.45, 2.75) is 18.2 Å². The fourth-order valence-corrected chi connectivity index (χ4v) is 2.26. The molecule has 0 saturated heterocycles. The van der Waals surface area contributed by atoms with Crippen molar-refractivity contribution in [1.29, 1.82) is 0 Å². The summed E-state index contributed by atoms with van der Waals surface area (Å²) in [5.74, 6) is 0.233. The van der Waals surface area contributed by atoms with Crippen LogP contribution in [0.2, 0.25) is 0 Å². The molecule has 1 aromatic carbocycles. The molecule has 0 atom stereocenters. The number of ether oxygens (including phenoxy) is 1. The van der Waals surface area contributed by atoms with Crippen LogP contribution in [0, 0.1) is 0 Å².